The van der Waals surface area contributed by atoms with Gasteiger partial charge in [-0.2, -0.15) is 5.10 Å². The molecule has 0 aliphatic carbocycles. The zero-order valence-electron chi connectivity index (χ0n) is 15.9. The SMILES string of the molecule is CN1C(=O)/C(=C\c2cn(-c3ccccc3)nc2-c2ccncc2)c2ccccc21. The van der Waals surface area contributed by atoms with E-state index in [4.69, 9.17) is 5.10 Å². The van der Waals surface area contributed by atoms with Crippen LogP contribution in [0.4, 0.5) is 5.69 Å². The highest BCUT2D eigenvalue weighted by Gasteiger charge is 2.29. The molecule has 1 amide bonds. The minimum atomic E-state index is -0.0145. The Morgan fingerprint density at radius 1 is 0.897 bits per heavy atom. The molecular weight excluding hydrogens is 360 g/mol. The fourth-order valence-electron chi connectivity index (χ4n) is 3.63. The molecule has 0 saturated heterocycles. The Balaban J connectivity index is 1.70. The van der Waals surface area contributed by atoms with Gasteiger partial charge in [-0.25, -0.2) is 4.68 Å². The van der Waals surface area contributed by atoms with Crippen molar-refractivity contribution in [3.63, 3.8) is 0 Å². The van der Waals surface area contributed by atoms with E-state index in [0.29, 0.717) is 5.57 Å². The molecular formula is C24H18N4O. The lowest BCUT2D eigenvalue weighted by molar-refractivity contribution is -0.112. The lowest BCUT2D eigenvalue weighted by Crippen LogP contribution is -2.20. The monoisotopic (exact) mass is 378 g/mol. The van der Waals surface area contributed by atoms with E-state index < -0.39 is 0 Å². The first kappa shape index (κ1) is 17.1. The van der Waals surface area contributed by atoms with Crippen molar-refractivity contribution in [3.8, 4) is 16.9 Å². The molecule has 2 aromatic heterocycles. The summed E-state index contributed by atoms with van der Waals surface area (Å²) in [6.07, 6.45) is 7.40. The molecule has 1 aliphatic rings. The number of carbonyl (C=O) groups excluding carboxylic acids is 1. The zero-order valence-corrected chi connectivity index (χ0v) is 15.9. The van der Waals surface area contributed by atoms with Crippen LogP contribution in [0, 0.1) is 0 Å². The number of nitrogens with zero attached hydrogens (tertiary/aromatic N) is 4. The maximum absolute atomic E-state index is 12.9. The second kappa shape index (κ2) is 6.87. The van der Waals surface area contributed by atoms with Crippen molar-refractivity contribution in [3.05, 3.63) is 96.4 Å². The van der Waals surface area contributed by atoms with Gasteiger partial charge in [0.05, 0.1) is 11.4 Å². The summed E-state index contributed by atoms with van der Waals surface area (Å²) in [5.74, 6) is -0.0145. The van der Waals surface area contributed by atoms with Gasteiger partial charge in [0.2, 0.25) is 0 Å². The summed E-state index contributed by atoms with van der Waals surface area (Å²) in [6.45, 7) is 0. The van der Waals surface area contributed by atoms with Crippen LogP contribution < -0.4 is 4.90 Å². The van der Waals surface area contributed by atoms with Gasteiger partial charge in [0.15, 0.2) is 0 Å². The van der Waals surface area contributed by atoms with Crippen LogP contribution >= 0.6 is 0 Å². The highest BCUT2D eigenvalue weighted by molar-refractivity contribution is 6.35. The standard InChI is InChI=1S/C24H18N4O/c1-27-22-10-6-5-9-20(22)21(24(27)29)15-18-16-28(19-7-3-2-4-8-19)26-23(18)17-11-13-25-14-12-17/h2-16H,1H3/b21-15-. The number of hydrogen-bond donors (Lipinski definition) is 0. The molecule has 5 nitrogen and oxygen atoms in total. The van der Waals surface area contributed by atoms with Gasteiger partial charge in [0.1, 0.15) is 5.69 Å². The molecule has 5 heteroatoms. The number of carbonyl (C=O) groups is 1. The predicted molar refractivity (Wildman–Crippen MR) is 115 cm³/mol. The van der Waals surface area contributed by atoms with E-state index in [2.05, 4.69) is 4.98 Å². The number of aromatic nitrogens is 3. The third kappa shape index (κ3) is 2.93. The molecule has 0 radical (unpaired) electrons. The first-order chi connectivity index (χ1) is 14.2. The average Bonchev–Trinajstić information content (AvgIpc) is 3.31. The maximum Gasteiger partial charge on any atom is 0.258 e. The van der Waals surface area contributed by atoms with E-state index in [9.17, 15) is 4.79 Å². The number of hydrogen-bond acceptors (Lipinski definition) is 3. The number of amides is 1. The maximum atomic E-state index is 12.9. The van der Waals surface area contributed by atoms with E-state index in [-0.39, 0.29) is 5.91 Å². The van der Waals surface area contributed by atoms with Crippen molar-refractivity contribution >= 4 is 23.2 Å². The fourth-order valence-corrected chi connectivity index (χ4v) is 3.63. The molecule has 2 aromatic carbocycles. The van der Waals surface area contributed by atoms with Gasteiger partial charge in [-0.15, -0.1) is 0 Å². The molecule has 1 aliphatic heterocycles. The second-order valence-electron chi connectivity index (χ2n) is 6.89. The van der Waals surface area contributed by atoms with Crippen LogP contribution in [-0.4, -0.2) is 27.7 Å². The topological polar surface area (TPSA) is 51.0 Å². The molecule has 3 heterocycles. The summed E-state index contributed by atoms with van der Waals surface area (Å²) in [5, 5.41) is 4.81. The zero-order chi connectivity index (χ0) is 19.8. The van der Waals surface area contributed by atoms with Crippen LogP contribution in [0.15, 0.2) is 85.3 Å². The van der Waals surface area contributed by atoms with Crippen molar-refractivity contribution in [2.45, 2.75) is 0 Å². The highest BCUT2D eigenvalue weighted by Crippen LogP contribution is 2.37. The molecule has 0 spiro atoms. The first-order valence-corrected chi connectivity index (χ1v) is 9.37. The molecule has 4 aromatic rings. The van der Waals surface area contributed by atoms with Crippen molar-refractivity contribution in [1.29, 1.82) is 0 Å². The summed E-state index contributed by atoms with van der Waals surface area (Å²) in [7, 11) is 1.80. The molecule has 5 rings (SSSR count). The van der Waals surface area contributed by atoms with E-state index in [0.717, 1.165) is 33.8 Å². The Morgan fingerprint density at radius 2 is 1.62 bits per heavy atom. The number of likely N-dealkylation sites (N-methyl/N-ethyl adjacent to an activating group) is 1. The van der Waals surface area contributed by atoms with Gasteiger partial charge in [-0.05, 0) is 36.4 Å². The van der Waals surface area contributed by atoms with E-state index >= 15 is 0 Å². The van der Waals surface area contributed by atoms with Crippen LogP contribution in [0.1, 0.15) is 11.1 Å². The van der Waals surface area contributed by atoms with Crippen molar-refractivity contribution in [2.75, 3.05) is 11.9 Å². The molecule has 140 valence electrons. The highest BCUT2D eigenvalue weighted by atomic mass is 16.2. The Morgan fingerprint density at radius 3 is 2.41 bits per heavy atom. The molecule has 29 heavy (non-hydrogen) atoms. The largest absolute Gasteiger partial charge is 0.311 e. The van der Waals surface area contributed by atoms with Crippen molar-refractivity contribution < 1.29 is 4.79 Å². The number of anilines is 1. The second-order valence-corrected chi connectivity index (χ2v) is 6.89. The predicted octanol–water partition coefficient (Wildman–Crippen LogP) is 4.45. The number of pyridine rings is 1. The number of fused-ring (bicyclic) bond motifs is 1. The molecule has 0 bridgehead atoms. The third-order valence-electron chi connectivity index (χ3n) is 5.11. The van der Waals surface area contributed by atoms with Gasteiger partial charge in [0.25, 0.3) is 5.91 Å². The summed E-state index contributed by atoms with van der Waals surface area (Å²) >= 11 is 0. The van der Waals surface area contributed by atoms with Crippen LogP contribution in [-0.2, 0) is 4.79 Å². The Kier molecular flexibility index (Phi) is 4.06. The Hall–Kier alpha value is -3.99. The number of para-hydroxylation sites is 2. The summed E-state index contributed by atoms with van der Waals surface area (Å²) in [6, 6.07) is 21.6. The third-order valence-corrected chi connectivity index (χ3v) is 5.11. The van der Waals surface area contributed by atoms with Gasteiger partial charge < -0.3 is 4.90 Å². The van der Waals surface area contributed by atoms with Crippen LogP contribution in [0.5, 0.6) is 0 Å². The number of benzene rings is 2. The van der Waals surface area contributed by atoms with E-state index in [1.807, 2.05) is 83.7 Å². The Labute approximate surface area is 168 Å². The molecule has 0 N–H and O–H groups in total. The van der Waals surface area contributed by atoms with Crippen LogP contribution in [0.25, 0.3) is 28.6 Å². The quantitative estimate of drug-likeness (QED) is 0.495. The van der Waals surface area contributed by atoms with Gasteiger partial charge in [-0.3, -0.25) is 9.78 Å². The lowest BCUT2D eigenvalue weighted by Gasteiger charge is -2.07. The van der Waals surface area contributed by atoms with E-state index in [1.165, 1.54) is 0 Å². The van der Waals surface area contributed by atoms with Crippen LogP contribution in [0.2, 0.25) is 0 Å². The van der Waals surface area contributed by atoms with Crippen molar-refractivity contribution in [2.24, 2.45) is 0 Å². The summed E-state index contributed by atoms with van der Waals surface area (Å²) in [4.78, 5) is 18.7. The van der Waals surface area contributed by atoms with Crippen molar-refractivity contribution in [1.82, 2.24) is 14.8 Å². The smallest absolute Gasteiger partial charge is 0.258 e. The van der Waals surface area contributed by atoms with Gasteiger partial charge in [-0.1, -0.05) is 36.4 Å². The average molecular weight is 378 g/mol. The molecule has 0 saturated carbocycles. The lowest BCUT2D eigenvalue weighted by atomic mass is 10.0. The molecule has 0 fully saturated rings. The summed E-state index contributed by atoms with van der Waals surface area (Å²) < 4.78 is 1.84. The number of rotatable bonds is 3. The molecule has 0 unspecified atom stereocenters. The fraction of sp³-hybridized carbons (Fsp3) is 0.0417. The minimum absolute atomic E-state index is 0.0145. The normalized spacial score (nSPS) is 14.4. The first-order valence-electron chi connectivity index (χ1n) is 9.37. The summed E-state index contributed by atoms with van der Waals surface area (Å²) in [5.41, 5.74) is 6.14. The Bertz CT molecular complexity index is 1230. The van der Waals surface area contributed by atoms with E-state index in [1.54, 1.807) is 24.3 Å². The van der Waals surface area contributed by atoms with Crippen LogP contribution in [0.3, 0.4) is 0 Å². The van der Waals surface area contributed by atoms with Gasteiger partial charge in [0, 0.05) is 47.9 Å². The minimum Gasteiger partial charge on any atom is -0.311 e. The van der Waals surface area contributed by atoms with Gasteiger partial charge >= 0.3 is 0 Å². The molecule has 0 atom stereocenters.